The molecule has 9 heteroatoms. The average molecular weight is 383 g/mol. The molecule has 0 saturated carbocycles. The van der Waals surface area contributed by atoms with Crippen LogP contribution in [-0.2, 0) is 6.54 Å². The molecule has 1 fully saturated rings. The Morgan fingerprint density at radius 2 is 1.70 bits per heavy atom. The molecular weight excluding hydrogens is 364 g/mol. The number of nitrogens with zero attached hydrogens (tertiary/aromatic N) is 7. The highest BCUT2D eigenvalue weighted by atomic mass is 35.5. The van der Waals surface area contributed by atoms with E-state index < -0.39 is 0 Å². The van der Waals surface area contributed by atoms with Gasteiger partial charge in [0.25, 0.3) is 0 Å². The minimum atomic E-state index is 0.487. The topological polar surface area (TPSA) is 83.0 Å². The standard InChI is InChI=1S/C18H19ClN8/c19-15-5-2-1-4-14(15)12-22-17-24-16(13-23-25-17)26-8-10-27(11-9-26)18-20-6-3-7-21-18/h1-7,13H,8-12H2,(H,22,24,25). The van der Waals surface area contributed by atoms with E-state index in [9.17, 15) is 0 Å². The molecule has 4 rings (SSSR count). The second-order valence-electron chi connectivity index (χ2n) is 6.11. The van der Waals surface area contributed by atoms with Gasteiger partial charge >= 0.3 is 0 Å². The van der Waals surface area contributed by atoms with Gasteiger partial charge < -0.3 is 15.1 Å². The summed E-state index contributed by atoms with van der Waals surface area (Å²) in [5, 5.41) is 12.1. The van der Waals surface area contributed by atoms with Gasteiger partial charge in [-0.1, -0.05) is 29.8 Å². The molecular formula is C18H19ClN8. The maximum absolute atomic E-state index is 6.19. The molecule has 2 aromatic heterocycles. The fourth-order valence-corrected chi connectivity index (χ4v) is 3.13. The quantitative estimate of drug-likeness (QED) is 0.719. The number of halogens is 1. The SMILES string of the molecule is Clc1ccccc1CNc1nncc(N2CCN(c3ncccn3)CC2)n1. The molecule has 27 heavy (non-hydrogen) atoms. The first-order valence-electron chi connectivity index (χ1n) is 8.73. The zero-order valence-electron chi connectivity index (χ0n) is 14.7. The fraction of sp³-hybridized carbons (Fsp3) is 0.278. The Morgan fingerprint density at radius 1 is 0.963 bits per heavy atom. The molecule has 0 amide bonds. The van der Waals surface area contributed by atoms with E-state index in [4.69, 9.17) is 11.6 Å². The first-order valence-corrected chi connectivity index (χ1v) is 9.11. The summed E-state index contributed by atoms with van der Waals surface area (Å²) in [6.45, 7) is 3.85. The van der Waals surface area contributed by atoms with E-state index >= 15 is 0 Å². The lowest BCUT2D eigenvalue weighted by atomic mass is 10.2. The average Bonchev–Trinajstić information content (AvgIpc) is 2.74. The minimum absolute atomic E-state index is 0.487. The fourth-order valence-electron chi connectivity index (χ4n) is 2.93. The molecule has 0 spiro atoms. The summed E-state index contributed by atoms with van der Waals surface area (Å²) in [7, 11) is 0. The van der Waals surface area contributed by atoms with Crippen LogP contribution in [0, 0.1) is 0 Å². The van der Waals surface area contributed by atoms with Crippen LogP contribution in [0.1, 0.15) is 5.56 Å². The number of anilines is 3. The van der Waals surface area contributed by atoms with Gasteiger partial charge in [0.05, 0.1) is 6.20 Å². The van der Waals surface area contributed by atoms with Gasteiger partial charge in [0.2, 0.25) is 11.9 Å². The maximum Gasteiger partial charge on any atom is 0.244 e. The molecule has 0 aliphatic carbocycles. The molecule has 0 radical (unpaired) electrons. The lowest BCUT2D eigenvalue weighted by molar-refractivity contribution is 0.632. The molecule has 138 valence electrons. The summed E-state index contributed by atoms with van der Waals surface area (Å²) in [4.78, 5) is 17.6. The minimum Gasteiger partial charge on any atom is -0.352 e. The van der Waals surface area contributed by atoms with Gasteiger partial charge in [0, 0.05) is 50.1 Å². The highest BCUT2D eigenvalue weighted by Crippen LogP contribution is 2.18. The smallest absolute Gasteiger partial charge is 0.244 e. The summed E-state index contributed by atoms with van der Waals surface area (Å²) >= 11 is 6.19. The van der Waals surface area contributed by atoms with Crippen molar-refractivity contribution in [2.24, 2.45) is 0 Å². The number of benzene rings is 1. The third-order valence-corrected chi connectivity index (χ3v) is 4.75. The number of piperazine rings is 1. The molecule has 8 nitrogen and oxygen atoms in total. The van der Waals surface area contributed by atoms with E-state index in [0.717, 1.165) is 43.5 Å². The highest BCUT2D eigenvalue weighted by Gasteiger charge is 2.20. The van der Waals surface area contributed by atoms with Gasteiger partial charge in [-0.2, -0.15) is 10.1 Å². The van der Waals surface area contributed by atoms with E-state index in [0.29, 0.717) is 17.5 Å². The lowest BCUT2D eigenvalue weighted by Gasteiger charge is -2.35. The van der Waals surface area contributed by atoms with E-state index in [-0.39, 0.29) is 0 Å². The van der Waals surface area contributed by atoms with E-state index in [2.05, 4.69) is 40.3 Å². The van der Waals surface area contributed by atoms with Crippen LogP contribution < -0.4 is 15.1 Å². The molecule has 1 aromatic carbocycles. The Balaban J connectivity index is 1.37. The molecule has 1 aliphatic heterocycles. The third kappa shape index (κ3) is 4.22. The van der Waals surface area contributed by atoms with Gasteiger partial charge in [-0.05, 0) is 17.7 Å². The van der Waals surface area contributed by atoms with Gasteiger partial charge in [0.1, 0.15) is 0 Å². The molecule has 0 unspecified atom stereocenters. The zero-order chi connectivity index (χ0) is 18.5. The molecule has 3 aromatic rings. The summed E-state index contributed by atoms with van der Waals surface area (Å²) < 4.78 is 0. The monoisotopic (exact) mass is 382 g/mol. The van der Waals surface area contributed by atoms with E-state index in [1.165, 1.54) is 0 Å². The maximum atomic E-state index is 6.19. The predicted molar refractivity (Wildman–Crippen MR) is 105 cm³/mol. The van der Waals surface area contributed by atoms with Crippen LogP contribution in [0.15, 0.2) is 48.9 Å². The number of hydrogen-bond donors (Lipinski definition) is 1. The van der Waals surface area contributed by atoms with Crippen LogP contribution >= 0.6 is 11.6 Å². The lowest BCUT2D eigenvalue weighted by Crippen LogP contribution is -2.47. The number of aromatic nitrogens is 5. The van der Waals surface area contributed by atoms with Crippen LogP contribution in [0.5, 0.6) is 0 Å². The van der Waals surface area contributed by atoms with Gasteiger partial charge in [0.15, 0.2) is 5.82 Å². The molecule has 0 atom stereocenters. The zero-order valence-corrected chi connectivity index (χ0v) is 15.4. The first-order chi connectivity index (χ1) is 13.3. The van der Waals surface area contributed by atoms with Crippen LogP contribution in [0.2, 0.25) is 5.02 Å². The Hall–Kier alpha value is -3.00. The Morgan fingerprint density at radius 3 is 2.48 bits per heavy atom. The predicted octanol–water partition coefficient (Wildman–Crippen LogP) is 2.25. The Kier molecular flexibility index (Phi) is 5.24. The van der Waals surface area contributed by atoms with Gasteiger partial charge in [-0.15, -0.1) is 5.10 Å². The summed E-state index contributed by atoms with van der Waals surface area (Å²) in [6.07, 6.45) is 5.22. The van der Waals surface area contributed by atoms with E-state index in [1.54, 1.807) is 18.6 Å². The number of hydrogen-bond acceptors (Lipinski definition) is 8. The van der Waals surface area contributed by atoms with Gasteiger partial charge in [-0.25, -0.2) is 9.97 Å². The van der Waals surface area contributed by atoms with Crippen LogP contribution in [-0.4, -0.2) is 51.3 Å². The third-order valence-electron chi connectivity index (χ3n) is 4.38. The van der Waals surface area contributed by atoms with Crippen LogP contribution in [0.25, 0.3) is 0 Å². The normalized spacial score (nSPS) is 14.3. The first kappa shape index (κ1) is 17.4. The van der Waals surface area contributed by atoms with Crippen molar-refractivity contribution in [3.8, 4) is 0 Å². The Bertz CT molecular complexity index is 883. The summed E-state index contributed by atoms with van der Waals surface area (Å²) in [5.41, 5.74) is 0.990. The van der Waals surface area contributed by atoms with Crippen molar-refractivity contribution in [1.29, 1.82) is 0 Å². The Labute approximate surface area is 162 Å². The summed E-state index contributed by atoms with van der Waals surface area (Å²) in [6, 6.07) is 9.52. The molecule has 1 N–H and O–H groups in total. The van der Waals surface area contributed by atoms with Crippen molar-refractivity contribution in [2.45, 2.75) is 6.54 Å². The second kappa shape index (κ2) is 8.13. The number of nitrogens with one attached hydrogen (secondary N) is 1. The second-order valence-corrected chi connectivity index (χ2v) is 6.51. The van der Waals surface area contributed by atoms with Crippen molar-refractivity contribution < 1.29 is 0 Å². The van der Waals surface area contributed by atoms with Crippen molar-refractivity contribution in [2.75, 3.05) is 41.3 Å². The molecule has 3 heterocycles. The molecule has 0 bridgehead atoms. The van der Waals surface area contributed by atoms with Crippen LogP contribution in [0.4, 0.5) is 17.7 Å². The van der Waals surface area contributed by atoms with Crippen molar-refractivity contribution in [1.82, 2.24) is 25.1 Å². The van der Waals surface area contributed by atoms with Crippen LogP contribution in [0.3, 0.4) is 0 Å². The molecule has 1 aliphatic rings. The van der Waals surface area contributed by atoms with Gasteiger partial charge in [-0.3, -0.25) is 0 Å². The van der Waals surface area contributed by atoms with Crippen molar-refractivity contribution >= 4 is 29.3 Å². The van der Waals surface area contributed by atoms with E-state index in [1.807, 2.05) is 30.3 Å². The molecule has 1 saturated heterocycles. The largest absolute Gasteiger partial charge is 0.352 e. The highest BCUT2D eigenvalue weighted by molar-refractivity contribution is 6.31. The van der Waals surface area contributed by atoms with Crippen molar-refractivity contribution in [3.63, 3.8) is 0 Å². The summed E-state index contributed by atoms with van der Waals surface area (Å²) in [5.74, 6) is 2.06. The van der Waals surface area contributed by atoms with Crippen molar-refractivity contribution in [3.05, 3.63) is 59.5 Å². The number of rotatable bonds is 5.